The van der Waals surface area contributed by atoms with Crippen LogP contribution in [0.5, 0.6) is 5.75 Å². The number of nitrogens with one attached hydrogen (secondary N) is 1. The molecule has 94 valence electrons. The fourth-order valence-corrected chi connectivity index (χ4v) is 2.19. The van der Waals surface area contributed by atoms with Gasteiger partial charge in [-0.2, -0.15) is 0 Å². The molecule has 1 aliphatic rings. The highest BCUT2D eigenvalue weighted by molar-refractivity contribution is 5.58. The lowest BCUT2D eigenvalue weighted by Crippen LogP contribution is -2.40. The van der Waals surface area contributed by atoms with Gasteiger partial charge in [-0.15, -0.1) is 0 Å². The molecule has 0 atom stereocenters. The molecule has 3 heteroatoms. The molecular weight excluding hydrogens is 214 g/mol. The zero-order valence-electron chi connectivity index (χ0n) is 10.8. The van der Waals surface area contributed by atoms with Crippen molar-refractivity contribution in [2.75, 3.05) is 19.0 Å². The van der Waals surface area contributed by atoms with Crippen LogP contribution in [-0.4, -0.2) is 25.9 Å². The second-order valence-corrected chi connectivity index (χ2v) is 4.59. The summed E-state index contributed by atoms with van der Waals surface area (Å²) in [6.45, 7) is 4.93. The molecule has 1 aromatic carbocycles. The summed E-state index contributed by atoms with van der Waals surface area (Å²) >= 11 is 0. The highest BCUT2D eigenvalue weighted by atomic mass is 16.5. The molecule has 1 saturated carbocycles. The minimum Gasteiger partial charge on any atom is -0.495 e. The van der Waals surface area contributed by atoms with Gasteiger partial charge in [-0.05, 0) is 44.4 Å². The van der Waals surface area contributed by atoms with Crippen molar-refractivity contribution >= 4 is 5.69 Å². The van der Waals surface area contributed by atoms with E-state index in [0.29, 0.717) is 12.1 Å². The van der Waals surface area contributed by atoms with Crippen molar-refractivity contribution in [2.24, 2.45) is 0 Å². The lowest BCUT2D eigenvalue weighted by Gasteiger charge is -2.36. The predicted molar refractivity (Wildman–Crippen MR) is 69.8 cm³/mol. The summed E-state index contributed by atoms with van der Waals surface area (Å²) < 4.78 is 10.9. The molecule has 0 heterocycles. The number of hydrogen-bond acceptors (Lipinski definition) is 3. The molecule has 1 aliphatic carbocycles. The number of methoxy groups -OCH3 is 1. The molecule has 3 nitrogen and oxygen atoms in total. The highest BCUT2D eigenvalue weighted by Gasteiger charge is 2.29. The number of aryl methyl sites for hydroxylation is 1. The Morgan fingerprint density at radius 3 is 2.76 bits per heavy atom. The second-order valence-electron chi connectivity index (χ2n) is 4.59. The maximum Gasteiger partial charge on any atom is 0.142 e. The van der Waals surface area contributed by atoms with Gasteiger partial charge >= 0.3 is 0 Å². The Bertz CT molecular complexity index is 372. The van der Waals surface area contributed by atoms with E-state index >= 15 is 0 Å². The quantitative estimate of drug-likeness (QED) is 0.851. The SMILES string of the molecule is CCOC1CC(Nc2ccc(C)cc2OC)C1. The normalized spacial score (nSPS) is 23.0. The van der Waals surface area contributed by atoms with Crippen molar-refractivity contribution < 1.29 is 9.47 Å². The Kier molecular flexibility index (Phi) is 3.89. The Labute approximate surface area is 103 Å². The smallest absolute Gasteiger partial charge is 0.142 e. The predicted octanol–water partition coefficient (Wildman–Crippen LogP) is 2.98. The van der Waals surface area contributed by atoms with Crippen LogP contribution in [0, 0.1) is 6.92 Å². The van der Waals surface area contributed by atoms with Crippen LogP contribution >= 0.6 is 0 Å². The molecule has 0 saturated heterocycles. The van der Waals surface area contributed by atoms with Crippen molar-refractivity contribution in [1.82, 2.24) is 0 Å². The summed E-state index contributed by atoms with van der Waals surface area (Å²) in [6.07, 6.45) is 2.62. The molecule has 0 aliphatic heterocycles. The van der Waals surface area contributed by atoms with Crippen LogP contribution in [0.15, 0.2) is 18.2 Å². The number of ether oxygens (including phenoxy) is 2. The fraction of sp³-hybridized carbons (Fsp3) is 0.571. The van der Waals surface area contributed by atoms with E-state index in [-0.39, 0.29) is 0 Å². The zero-order chi connectivity index (χ0) is 12.3. The van der Waals surface area contributed by atoms with Crippen LogP contribution in [0.2, 0.25) is 0 Å². The van der Waals surface area contributed by atoms with Crippen LogP contribution in [0.4, 0.5) is 5.69 Å². The van der Waals surface area contributed by atoms with Crippen LogP contribution in [0.3, 0.4) is 0 Å². The van der Waals surface area contributed by atoms with Crippen molar-refractivity contribution in [2.45, 2.75) is 38.8 Å². The summed E-state index contributed by atoms with van der Waals surface area (Å²) in [7, 11) is 1.71. The fourth-order valence-electron chi connectivity index (χ4n) is 2.19. The first-order chi connectivity index (χ1) is 8.22. The zero-order valence-corrected chi connectivity index (χ0v) is 10.8. The first-order valence-corrected chi connectivity index (χ1v) is 6.25. The summed E-state index contributed by atoms with van der Waals surface area (Å²) in [5, 5.41) is 3.51. The third kappa shape index (κ3) is 2.91. The van der Waals surface area contributed by atoms with E-state index in [2.05, 4.69) is 30.4 Å². The molecule has 0 radical (unpaired) electrons. The van der Waals surface area contributed by atoms with Gasteiger partial charge in [-0.1, -0.05) is 6.07 Å². The number of benzene rings is 1. The van der Waals surface area contributed by atoms with E-state index in [1.807, 2.05) is 6.92 Å². The number of rotatable bonds is 5. The van der Waals surface area contributed by atoms with Crippen LogP contribution < -0.4 is 10.1 Å². The Morgan fingerprint density at radius 2 is 2.12 bits per heavy atom. The van der Waals surface area contributed by atoms with Gasteiger partial charge in [0.25, 0.3) is 0 Å². The maximum absolute atomic E-state index is 5.55. The van der Waals surface area contributed by atoms with Crippen molar-refractivity contribution in [1.29, 1.82) is 0 Å². The molecule has 0 aromatic heterocycles. The van der Waals surface area contributed by atoms with Crippen molar-refractivity contribution in [3.63, 3.8) is 0 Å². The van der Waals surface area contributed by atoms with Gasteiger partial charge in [0.2, 0.25) is 0 Å². The summed E-state index contributed by atoms with van der Waals surface area (Å²) in [4.78, 5) is 0. The van der Waals surface area contributed by atoms with E-state index < -0.39 is 0 Å². The van der Waals surface area contributed by atoms with Crippen LogP contribution in [0.25, 0.3) is 0 Å². The molecule has 0 unspecified atom stereocenters. The monoisotopic (exact) mass is 235 g/mol. The largest absolute Gasteiger partial charge is 0.495 e. The van der Waals surface area contributed by atoms with Gasteiger partial charge in [0.1, 0.15) is 5.75 Å². The summed E-state index contributed by atoms with van der Waals surface area (Å²) in [6, 6.07) is 6.76. The maximum atomic E-state index is 5.55. The van der Waals surface area contributed by atoms with Gasteiger partial charge < -0.3 is 14.8 Å². The lowest BCUT2D eigenvalue weighted by molar-refractivity contribution is 0.00295. The number of anilines is 1. The minimum atomic E-state index is 0.439. The Hall–Kier alpha value is -1.22. The molecule has 17 heavy (non-hydrogen) atoms. The number of hydrogen-bond donors (Lipinski definition) is 1. The second kappa shape index (κ2) is 5.41. The molecular formula is C14H21NO2. The molecule has 0 bridgehead atoms. The molecule has 1 N–H and O–H groups in total. The minimum absolute atomic E-state index is 0.439. The van der Waals surface area contributed by atoms with Gasteiger partial charge in [0.15, 0.2) is 0 Å². The van der Waals surface area contributed by atoms with E-state index in [0.717, 1.165) is 30.9 Å². The summed E-state index contributed by atoms with van der Waals surface area (Å²) in [5.41, 5.74) is 2.30. The van der Waals surface area contributed by atoms with Crippen LogP contribution in [0.1, 0.15) is 25.3 Å². The topological polar surface area (TPSA) is 30.5 Å². The first-order valence-electron chi connectivity index (χ1n) is 6.25. The van der Waals surface area contributed by atoms with Gasteiger partial charge in [0, 0.05) is 12.6 Å². The third-order valence-corrected chi connectivity index (χ3v) is 3.21. The van der Waals surface area contributed by atoms with E-state index in [1.54, 1.807) is 7.11 Å². The van der Waals surface area contributed by atoms with Crippen molar-refractivity contribution in [3.05, 3.63) is 23.8 Å². The summed E-state index contributed by atoms with van der Waals surface area (Å²) in [5.74, 6) is 0.921. The van der Waals surface area contributed by atoms with Crippen molar-refractivity contribution in [3.8, 4) is 5.75 Å². The van der Waals surface area contributed by atoms with E-state index in [9.17, 15) is 0 Å². The molecule has 1 aromatic rings. The lowest BCUT2D eigenvalue weighted by atomic mass is 9.89. The van der Waals surface area contributed by atoms with Gasteiger partial charge in [0.05, 0.1) is 18.9 Å². The van der Waals surface area contributed by atoms with E-state index in [4.69, 9.17) is 9.47 Å². The first kappa shape index (κ1) is 12.2. The molecule has 2 rings (SSSR count). The molecule has 0 spiro atoms. The average Bonchev–Trinajstić information content (AvgIpc) is 2.28. The van der Waals surface area contributed by atoms with Crippen LogP contribution in [-0.2, 0) is 4.74 Å². The Morgan fingerprint density at radius 1 is 1.35 bits per heavy atom. The standard InChI is InChI=1S/C14H21NO2/c1-4-17-12-8-11(9-12)15-13-6-5-10(2)7-14(13)16-3/h5-7,11-12,15H,4,8-9H2,1-3H3. The molecule has 0 amide bonds. The Balaban J connectivity index is 1.92. The third-order valence-electron chi connectivity index (χ3n) is 3.21. The van der Waals surface area contributed by atoms with E-state index in [1.165, 1.54) is 5.56 Å². The highest BCUT2D eigenvalue weighted by Crippen LogP contribution is 2.31. The molecule has 1 fully saturated rings. The van der Waals surface area contributed by atoms with Gasteiger partial charge in [-0.25, -0.2) is 0 Å². The average molecular weight is 235 g/mol. The van der Waals surface area contributed by atoms with Gasteiger partial charge in [-0.3, -0.25) is 0 Å².